The van der Waals surface area contributed by atoms with Crippen molar-refractivity contribution in [3.05, 3.63) is 53.8 Å². The minimum atomic E-state index is -0.219. The zero-order valence-electron chi connectivity index (χ0n) is 14.5. The van der Waals surface area contributed by atoms with E-state index in [4.69, 9.17) is 15.2 Å². The van der Waals surface area contributed by atoms with Gasteiger partial charge >= 0.3 is 0 Å². The zero-order chi connectivity index (χ0) is 18.0. The van der Waals surface area contributed by atoms with E-state index in [0.29, 0.717) is 31.5 Å². The molecule has 3 N–H and O–H groups in total. The van der Waals surface area contributed by atoms with Gasteiger partial charge in [-0.25, -0.2) is 4.39 Å². The van der Waals surface area contributed by atoms with Crippen LogP contribution in [0.2, 0.25) is 0 Å². The van der Waals surface area contributed by atoms with Crippen LogP contribution in [-0.2, 0) is 5.41 Å². The fraction of sp³-hybridized carbons (Fsp3) is 0.350. The standard InChI is InChI=1S/C20H22FN3O2/c21-15-4-2-14(3-5-15)20(8-9-20)13-23-19(22)24-16-6-7-17-18(12-16)26-11-1-10-25-17/h2-7,12H,1,8-11,13H2,(H3,22,23,24). The number of halogens is 1. The van der Waals surface area contributed by atoms with Crippen LogP contribution in [0.15, 0.2) is 47.5 Å². The normalized spacial score (nSPS) is 18.1. The van der Waals surface area contributed by atoms with Crippen molar-refractivity contribution in [2.24, 2.45) is 10.7 Å². The molecular weight excluding hydrogens is 333 g/mol. The summed E-state index contributed by atoms with van der Waals surface area (Å²) >= 11 is 0. The van der Waals surface area contributed by atoms with E-state index in [1.807, 2.05) is 30.3 Å². The lowest BCUT2D eigenvalue weighted by molar-refractivity contribution is 0.297. The minimum Gasteiger partial charge on any atom is -0.490 e. The third kappa shape index (κ3) is 3.59. The van der Waals surface area contributed by atoms with E-state index in [2.05, 4.69) is 10.3 Å². The number of fused-ring (bicyclic) bond motifs is 1. The number of guanidine groups is 1. The number of hydrogen-bond donors (Lipinski definition) is 2. The van der Waals surface area contributed by atoms with Crippen LogP contribution >= 0.6 is 0 Å². The zero-order valence-corrected chi connectivity index (χ0v) is 14.5. The molecule has 0 radical (unpaired) electrons. The summed E-state index contributed by atoms with van der Waals surface area (Å²) in [5, 5.41) is 3.11. The molecular formula is C20H22FN3O2. The molecule has 1 fully saturated rings. The molecule has 2 aromatic rings. The molecule has 1 saturated carbocycles. The molecule has 0 saturated heterocycles. The molecule has 0 unspecified atom stereocenters. The summed E-state index contributed by atoms with van der Waals surface area (Å²) in [6.07, 6.45) is 2.95. The Labute approximate surface area is 152 Å². The van der Waals surface area contributed by atoms with Crippen molar-refractivity contribution in [2.45, 2.75) is 24.7 Å². The number of nitrogens with one attached hydrogen (secondary N) is 1. The number of ether oxygens (including phenoxy) is 2. The number of hydrogen-bond acceptors (Lipinski definition) is 3. The highest BCUT2D eigenvalue weighted by molar-refractivity contribution is 5.92. The van der Waals surface area contributed by atoms with Crippen molar-refractivity contribution in [1.82, 2.24) is 0 Å². The van der Waals surface area contributed by atoms with Crippen molar-refractivity contribution in [1.29, 1.82) is 0 Å². The van der Waals surface area contributed by atoms with Crippen LogP contribution in [0.3, 0.4) is 0 Å². The lowest BCUT2D eigenvalue weighted by Crippen LogP contribution is -2.25. The molecule has 2 aromatic carbocycles. The van der Waals surface area contributed by atoms with E-state index < -0.39 is 0 Å². The fourth-order valence-electron chi connectivity index (χ4n) is 3.16. The predicted octanol–water partition coefficient (Wildman–Crippen LogP) is 3.45. The van der Waals surface area contributed by atoms with Gasteiger partial charge < -0.3 is 20.5 Å². The van der Waals surface area contributed by atoms with Gasteiger partial charge in [0.1, 0.15) is 5.82 Å². The van der Waals surface area contributed by atoms with Crippen LogP contribution in [0.5, 0.6) is 11.5 Å². The van der Waals surface area contributed by atoms with E-state index >= 15 is 0 Å². The summed E-state index contributed by atoms with van der Waals surface area (Å²) in [5.74, 6) is 1.60. The second-order valence-corrected chi connectivity index (χ2v) is 6.83. The number of anilines is 1. The summed E-state index contributed by atoms with van der Waals surface area (Å²) in [6, 6.07) is 12.3. The van der Waals surface area contributed by atoms with Crippen LogP contribution < -0.4 is 20.5 Å². The molecule has 1 heterocycles. The Kier molecular flexibility index (Phi) is 4.41. The molecule has 0 bridgehead atoms. The van der Waals surface area contributed by atoms with Gasteiger partial charge in [-0.1, -0.05) is 12.1 Å². The smallest absolute Gasteiger partial charge is 0.193 e. The molecule has 1 aliphatic heterocycles. The van der Waals surface area contributed by atoms with Crippen LogP contribution in [0, 0.1) is 5.82 Å². The van der Waals surface area contributed by atoms with Crippen LogP contribution in [-0.4, -0.2) is 25.7 Å². The molecule has 0 spiro atoms. The van der Waals surface area contributed by atoms with Crippen molar-refractivity contribution in [3.63, 3.8) is 0 Å². The molecule has 0 aromatic heterocycles. The van der Waals surface area contributed by atoms with Crippen LogP contribution in [0.25, 0.3) is 0 Å². The largest absolute Gasteiger partial charge is 0.490 e. The molecule has 1 aliphatic carbocycles. The van der Waals surface area contributed by atoms with Crippen molar-refractivity contribution in [2.75, 3.05) is 25.1 Å². The Hall–Kier alpha value is -2.76. The van der Waals surface area contributed by atoms with Gasteiger partial charge in [0.25, 0.3) is 0 Å². The highest BCUT2D eigenvalue weighted by Crippen LogP contribution is 2.48. The number of aliphatic imine (C=N–C) groups is 1. The second kappa shape index (κ2) is 6.86. The van der Waals surface area contributed by atoms with E-state index in [0.717, 1.165) is 36.3 Å². The van der Waals surface area contributed by atoms with E-state index in [1.165, 1.54) is 12.1 Å². The molecule has 2 aliphatic rings. The van der Waals surface area contributed by atoms with Gasteiger partial charge in [0.15, 0.2) is 17.5 Å². The number of nitrogens with two attached hydrogens (primary N) is 1. The second-order valence-electron chi connectivity index (χ2n) is 6.83. The Morgan fingerprint density at radius 2 is 1.81 bits per heavy atom. The van der Waals surface area contributed by atoms with Gasteiger partial charge in [-0.15, -0.1) is 0 Å². The highest BCUT2D eigenvalue weighted by atomic mass is 19.1. The van der Waals surface area contributed by atoms with E-state index in [9.17, 15) is 4.39 Å². The van der Waals surface area contributed by atoms with Gasteiger partial charge in [0, 0.05) is 23.6 Å². The SMILES string of the molecule is NC(=NCC1(c2ccc(F)cc2)CC1)Nc1ccc2c(c1)OCCCO2. The Bertz CT molecular complexity index is 816. The molecule has 0 amide bonds. The Morgan fingerprint density at radius 1 is 1.08 bits per heavy atom. The molecule has 5 nitrogen and oxygen atoms in total. The third-order valence-corrected chi connectivity index (χ3v) is 4.88. The fourth-order valence-corrected chi connectivity index (χ4v) is 3.16. The Morgan fingerprint density at radius 3 is 2.54 bits per heavy atom. The van der Waals surface area contributed by atoms with Gasteiger partial charge in [-0.2, -0.15) is 0 Å². The number of benzene rings is 2. The number of nitrogens with zero attached hydrogens (tertiary/aromatic N) is 1. The summed E-state index contributed by atoms with van der Waals surface area (Å²) in [5.41, 5.74) is 7.97. The quantitative estimate of drug-likeness (QED) is 0.651. The Balaban J connectivity index is 1.42. The first-order valence-corrected chi connectivity index (χ1v) is 8.87. The van der Waals surface area contributed by atoms with Gasteiger partial charge in [-0.3, -0.25) is 4.99 Å². The lowest BCUT2D eigenvalue weighted by Gasteiger charge is -2.14. The molecule has 26 heavy (non-hydrogen) atoms. The minimum absolute atomic E-state index is 0.00921. The average molecular weight is 355 g/mol. The maximum Gasteiger partial charge on any atom is 0.193 e. The van der Waals surface area contributed by atoms with Crippen LogP contribution in [0.4, 0.5) is 10.1 Å². The topological polar surface area (TPSA) is 68.9 Å². The van der Waals surface area contributed by atoms with E-state index in [1.54, 1.807) is 0 Å². The molecule has 0 atom stereocenters. The maximum atomic E-state index is 13.1. The first kappa shape index (κ1) is 16.7. The third-order valence-electron chi connectivity index (χ3n) is 4.88. The monoisotopic (exact) mass is 355 g/mol. The summed E-state index contributed by atoms with van der Waals surface area (Å²) in [7, 11) is 0. The molecule has 4 rings (SSSR count). The predicted molar refractivity (Wildman–Crippen MR) is 99.5 cm³/mol. The highest BCUT2D eigenvalue weighted by Gasteiger charge is 2.44. The van der Waals surface area contributed by atoms with Gasteiger partial charge in [0.05, 0.1) is 19.8 Å². The number of rotatable bonds is 4. The van der Waals surface area contributed by atoms with Crippen LogP contribution in [0.1, 0.15) is 24.8 Å². The maximum absolute atomic E-state index is 13.1. The lowest BCUT2D eigenvalue weighted by atomic mass is 9.96. The first-order chi connectivity index (χ1) is 12.6. The summed E-state index contributed by atoms with van der Waals surface area (Å²) < 4.78 is 24.4. The summed E-state index contributed by atoms with van der Waals surface area (Å²) in [4.78, 5) is 4.50. The van der Waals surface area contributed by atoms with Gasteiger partial charge in [0.2, 0.25) is 0 Å². The van der Waals surface area contributed by atoms with E-state index in [-0.39, 0.29) is 11.2 Å². The van der Waals surface area contributed by atoms with Crippen molar-refractivity contribution < 1.29 is 13.9 Å². The van der Waals surface area contributed by atoms with Gasteiger partial charge in [-0.05, 0) is 42.7 Å². The van der Waals surface area contributed by atoms with Crippen molar-refractivity contribution in [3.8, 4) is 11.5 Å². The summed E-state index contributed by atoms with van der Waals surface area (Å²) in [6.45, 7) is 1.89. The molecule has 6 heteroatoms. The first-order valence-electron chi connectivity index (χ1n) is 8.87. The van der Waals surface area contributed by atoms with Crippen molar-refractivity contribution >= 4 is 11.6 Å². The average Bonchev–Trinajstić information content (AvgIpc) is 3.45. The molecule has 136 valence electrons.